The van der Waals surface area contributed by atoms with Gasteiger partial charge >= 0.3 is 0 Å². The summed E-state index contributed by atoms with van der Waals surface area (Å²) in [7, 11) is 0. The predicted octanol–water partition coefficient (Wildman–Crippen LogP) is 0.192. The number of amides is 1. The molecule has 0 spiro atoms. The lowest BCUT2D eigenvalue weighted by molar-refractivity contribution is -0.122. The van der Waals surface area contributed by atoms with Crippen LogP contribution in [0, 0.1) is 6.92 Å². The van der Waals surface area contributed by atoms with Crippen LogP contribution in [-0.2, 0) is 4.79 Å². The van der Waals surface area contributed by atoms with Gasteiger partial charge in [0.1, 0.15) is 0 Å². The Labute approximate surface area is 120 Å². The lowest BCUT2D eigenvalue weighted by Crippen LogP contribution is -2.49. The van der Waals surface area contributed by atoms with Crippen LogP contribution in [0.1, 0.15) is 5.56 Å². The van der Waals surface area contributed by atoms with Crippen LogP contribution in [0.5, 0.6) is 0 Å². The van der Waals surface area contributed by atoms with Gasteiger partial charge in [-0.3, -0.25) is 9.69 Å². The number of benzene rings is 1. The van der Waals surface area contributed by atoms with E-state index in [1.54, 1.807) is 0 Å². The minimum absolute atomic E-state index is 0.0689. The number of aryl methyl sites for hydroxylation is 1. The number of carbonyl (C=O) groups is 1. The van der Waals surface area contributed by atoms with E-state index < -0.39 is 0 Å². The molecule has 0 bridgehead atoms. The molecule has 1 aromatic rings. The molecule has 20 heavy (non-hydrogen) atoms. The highest BCUT2D eigenvalue weighted by Crippen LogP contribution is 2.17. The first-order valence-corrected chi connectivity index (χ1v) is 7.20. The van der Waals surface area contributed by atoms with Crippen molar-refractivity contribution < 1.29 is 4.79 Å². The van der Waals surface area contributed by atoms with Gasteiger partial charge in [-0.1, -0.05) is 12.1 Å². The smallest absolute Gasteiger partial charge is 0.234 e. The van der Waals surface area contributed by atoms with E-state index in [9.17, 15) is 4.79 Å². The highest BCUT2D eigenvalue weighted by atomic mass is 16.2. The molecule has 0 aliphatic carbocycles. The zero-order chi connectivity index (χ0) is 14.4. The largest absolute Gasteiger partial charge is 0.369 e. The molecule has 5 heteroatoms. The molecule has 3 N–H and O–H groups in total. The second-order valence-corrected chi connectivity index (χ2v) is 5.24. The quantitative estimate of drug-likeness (QED) is 0.806. The maximum absolute atomic E-state index is 11.6. The van der Waals surface area contributed by atoms with Crippen molar-refractivity contribution >= 4 is 11.6 Å². The molecule has 110 valence electrons. The van der Waals surface area contributed by atoms with Gasteiger partial charge in [0.15, 0.2) is 0 Å². The fraction of sp³-hybridized carbons (Fsp3) is 0.533. The summed E-state index contributed by atoms with van der Waals surface area (Å²) in [6, 6.07) is 8.57. The van der Waals surface area contributed by atoms with E-state index in [-0.39, 0.29) is 5.91 Å². The number of anilines is 1. The predicted molar refractivity (Wildman–Crippen MR) is 81.9 cm³/mol. The van der Waals surface area contributed by atoms with Gasteiger partial charge in [-0.05, 0) is 24.6 Å². The number of nitrogens with two attached hydrogens (primary N) is 1. The highest BCUT2D eigenvalue weighted by Gasteiger charge is 2.18. The number of hydrogen-bond donors (Lipinski definition) is 2. The molecule has 0 atom stereocenters. The molecule has 0 saturated carbocycles. The van der Waals surface area contributed by atoms with Crippen molar-refractivity contribution in [3.05, 3.63) is 29.8 Å². The SMILES string of the molecule is Cc1cccc(N2CCN(CC(=O)NCCN)CC2)c1. The molecule has 5 nitrogen and oxygen atoms in total. The van der Waals surface area contributed by atoms with Gasteiger partial charge in [0.25, 0.3) is 0 Å². The molecule has 1 aromatic carbocycles. The third-order valence-corrected chi connectivity index (χ3v) is 3.57. The monoisotopic (exact) mass is 276 g/mol. The Morgan fingerprint density at radius 3 is 2.70 bits per heavy atom. The van der Waals surface area contributed by atoms with Crippen molar-refractivity contribution in [2.45, 2.75) is 6.92 Å². The Kier molecular flexibility index (Phi) is 5.38. The molecule has 1 saturated heterocycles. The summed E-state index contributed by atoms with van der Waals surface area (Å²) >= 11 is 0. The maximum atomic E-state index is 11.6. The third-order valence-electron chi connectivity index (χ3n) is 3.57. The first-order chi connectivity index (χ1) is 9.69. The number of nitrogens with one attached hydrogen (secondary N) is 1. The van der Waals surface area contributed by atoms with Crippen molar-refractivity contribution in [2.75, 3.05) is 50.7 Å². The minimum Gasteiger partial charge on any atom is -0.369 e. The Morgan fingerprint density at radius 1 is 1.30 bits per heavy atom. The van der Waals surface area contributed by atoms with E-state index in [4.69, 9.17) is 5.73 Å². The molecule has 0 aromatic heterocycles. The Bertz CT molecular complexity index is 441. The van der Waals surface area contributed by atoms with Crippen LogP contribution in [0.25, 0.3) is 0 Å². The molecule has 0 unspecified atom stereocenters. The summed E-state index contributed by atoms with van der Waals surface area (Å²) < 4.78 is 0. The van der Waals surface area contributed by atoms with Crippen LogP contribution in [0.2, 0.25) is 0 Å². The molecule has 1 aliphatic heterocycles. The molecule has 1 heterocycles. The third kappa shape index (κ3) is 4.21. The summed E-state index contributed by atoms with van der Waals surface area (Å²) in [6.45, 7) is 7.41. The number of hydrogen-bond acceptors (Lipinski definition) is 4. The van der Waals surface area contributed by atoms with Crippen molar-refractivity contribution in [2.24, 2.45) is 5.73 Å². The van der Waals surface area contributed by atoms with E-state index in [1.165, 1.54) is 11.3 Å². The molecule has 1 amide bonds. The summed E-state index contributed by atoms with van der Waals surface area (Å²) in [6.07, 6.45) is 0. The van der Waals surface area contributed by atoms with Gasteiger partial charge in [-0.15, -0.1) is 0 Å². The summed E-state index contributed by atoms with van der Waals surface area (Å²) in [4.78, 5) is 16.2. The second kappa shape index (κ2) is 7.26. The van der Waals surface area contributed by atoms with Gasteiger partial charge < -0.3 is 16.0 Å². The van der Waals surface area contributed by atoms with E-state index in [1.807, 2.05) is 0 Å². The average molecular weight is 276 g/mol. The van der Waals surface area contributed by atoms with Crippen LogP contribution >= 0.6 is 0 Å². The number of piperazine rings is 1. The molecule has 0 radical (unpaired) electrons. The van der Waals surface area contributed by atoms with Gasteiger partial charge in [-0.2, -0.15) is 0 Å². The topological polar surface area (TPSA) is 61.6 Å². The first-order valence-electron chi connectivity index (χ1n) is 7.20. The molecular formula is C15H24N4O. The molecular weight excluding hydrogens is 252 g/mol. The van der Waals surface area contributed by atoms with Crippen LogP contribution in [0.3, 0.4) is 0 Å². The lowest BCUT2D eigenvalue weighted by Gasteiger charge is -2.35. The molecule has 1 aliphatic rings. The second-order valence-electron chi connectivity index (χ2n) is 5.24. The van der Waals surface area contributed by atoms with Gasteiger partial charge in [0.05, 0.1) is 6.54 Å². The highest BCUT2D eigenvalue weighted by molar-refractivity contribution is 5.78. The zero-order valence-electron chi connectivity index (χ0n) is 12.1. The van der Waals surface area contributed by atoms with E-state index >= 15 is 0 Å². The van der Waals surface area contributed by atoms with Gasteiger partial charge in [-0.25, -0.2) is 0 Å². The lowest BCUT2D eigenvalue weighted by atomic mass is 10.2. The van der Waals surface area contributed by atoms with E-state index in [0.717, 1.165) is 26.2 Å². The molecule has 2 rings (SSSR count). The normalized spacial score (nSPS) is 16.2. The number of rotatable bonds is 5. The Morgan fingerprint density at radius 2 is 2.05 bits per heavy atom. The fourth-order valence-corrected chi connectivity index (χ4v) is 2.46. The van der Waals surface area contributed by atoms with Crippen LogP contribution < -0.4 is 16.0 Å². The van der Waals surface area contributed by atoms with Gasteiger partial charge in [0.2, 0.25) is 5.91 Å². The van der Waals surface area contributed by atoms with Crippen molar-refractivity contribution in [3.8, 4) is 0 Å². The van der Waals surface area contributed by atoms with Crippen LogP contribution in [-0.4, -0.2) is 56.6 Å². The van der Waals surface area contributed by atoms with Crippen molar-refractivity contribution in [3.63, 3.8) is 0 Å². The summed E-state index contributed by atoms with van der Waals surface area (Å²) in [5, 5.41) is 2.81. The minimum atomic E-state index is 0.0689. The van der Waals surface area contributed by atoms with Crippen molar-refractivity contribution in [1.29, 1.82) is 0 Å². The Balaban J connectivity index is 1.79. The van der Waals surface area contributed by atoms with Gasteiger partial charge in [0, 0.05) is 45.0 Å². The zero-order valence-corrected chi connectivity index (χ0v) is 12.1. The first kappa shape index (κ1) is 14.8. The standard InChI is InChI=1S/C15H24N4O/c1-13-3-2-4-14(11-13)19-9-7-18(8-10-19)12-15(20)17-6-5-16/h2-4,11H,5-10,12,16H2,1H3,(H,17,20). The van der Waals surface area contributed by atoms with Crippen LogP contribution in [0.4, 0.5) is 5.69 Å². The summed E-state index contributed by atoms with van der Waals surface area (Å²) in [5.41, 5.74) is 7.93. The number of nitrogens with zero attached hydrogens (tertiary/aromatic N) is 2. The van der Waals surface area contributed by atoms with Crippen LogP contribution in [0.15, 0.2) is 24.3 Å². The van der Waals surface area contributed by atoms with E-state index in [0.29, 0.717) is 19.6 Å². The fourth-order valence-electron chi connectivity index (χ4n) is 2.46. The molecule has 1 fully saturated rings. The average Bonchev–Trinajstić information content (AvgIpc) is 2.46. The van der Waals surface area contributed by atoms with Crippen molar-refractivity contribution in [1.82, 2.24) is 10.2 Å². The Hall–Kier alpha value is -1.59. The summed E-state index contributed by atoms with van der Waals surface area (Å²) in [5.74, 6) is 0.0689. The maximum Gasteiger partial charge on any atom is 0.234 e. The number of carbonyl (C=O) groups excluding carboxylic acids is 1. The van der Waals surface area contributed by atoms with E-state index in [2.05, 4.69) is 46.3 Å².